The van der Waals surface area contributed by atoms with Crippen molar-refractivity contribution in [2.45, 2.75) is 0 Å². The maximum Gasteiger partial charge on any atom is 0.411 e. The first-order valence-electron chi connectivity index (χ1n) is 11.2. The van der Waals surface area contributed by atoms with Crippen molar-refractivity contribution in [2.24, 2.45) is 0 Å². The summed E-state index contributed by atoms with van der Waals surface area (Å²) in [5, 5.41) is 29.4. The third-order valence-corrected chi connectivity index (χ3v) is 6.77. The number of rotatable bonds is 8. The van der Waals surface area contributed by atoms with E-state index in [2.05, 4.69) is 35.7 Å². The fraction of sp³-hybridized carbons (Fsp3) is 0.174. The van der Waals surface area contributed by atoms with Gasteiger partial charge in [-0.15, -0.1) is 0 Å². The monoisotopic (exact) mass is 650 g/mol. The van der Waals surface area contributed by atoms with Crippen LogP contribution in [-0.4, -0.2) is 72.3 Å². The molecular weight excluding hydrogens is 630 g/mol. The van der Waals surface area contributed by atoms with Gasteiger partial charge in [-0.25, -0.2) is 9.59 Å². The summed E-state index contributed by atoms with van der Waals surface area (Å²) in [7, 11) is 2.24. The molecule has 218 valence electrons. The first-order chi connectivity index (χ1) is 19.3. The Morgan fingerprint density at radius 2 is 1.20 bits per heavy atom. The Kier molecular flexibility index (Phi) is 10.1. The quantitative estimate of drug-likeness (QED) is 0.167. The normalized spacial score (nSPS) is 12.9. The molecule has 0 aliphatic carbocycles. The predicted octanol–water partition coefficient (Wildman–Crippen LogP) is 3.06. The van der Waals surface area contributed by atoms with E-state index in [1.54, 1.807) is 0 Å². The van der Waals surface area contributed by atoms with Gasteiger partial charge in [0.15, 0.2) is 30.8 Å². The summed E-state index contributed by atoms with van der Waals surface area (Å²) in [4.78, 5) is 51.7. The first-order valence-corrected chi connectivity index (χ1v) is 12.7. The van der Waals surface area contributed by atoms with Crippen molar-refractivity contribution in [3.05, 3.63) is 44.6 Å². The number of ether oxygens (including phenoxy) is 2. The van der Waals surface area contributed by atoms with Gasteiger partial charge in [0.25, 0.3) is 11.8 Å². The number of quaternary nitrogens is 1. The Labute approximate surface area is 252 Å². The van der Waals surface area contributed by atoms with Gasteiger partial charge in [-0.05, 0) is 12.1 Å². The van der Waals surface area contributed by atoms with Crippen LogP contribution in [0.2, 0.25) is 20.1 Å². The summed E-state index contributed by atoms with van der Waals surface area (Å²) in [6.45, 7) is -0.688. The van der Waals surface area contributed by atoms with Gasteiger partial charge < -0.3 is 30.3 Å². The highest BCUT2D eigenvalue weighted by molar-refractivity contribution is 6.42. The van der Waals surface area contributed by atoms with E-state index in [9.17, 15) is 29.4 Å². The molecule has 1 aliphatic rings. The van der Waals surface area contributed by atoms with Crippen LogP contribution in [0.4, 0.5) is 32.3 Å². The lowest BCUT2D eigenvalue weighted by Gasteiger charge is -2.23. The first kappa shape index (κ1) is 31.6. The largest absolute Gasteiger partial charge is 0.504 e. The third-order valence-electron chi connectivity index (χ3n) is 5.43. The minimum absolute atomic E-state index is 0.101. The molecule has 2 aromatic carbocycles. The molecule has 0 aromatic heterocycles. The van der Waals surface area contributed by atoms with Crippen LogP contribution in [0.15, 0.2) is 24.5 Å². The lowest BCUT2D eigenvalue weighted by Crippen LogP contribution is -2.64. The number of phenolic OH excluding ortho intramolecular Hbond substituents is 2. The number of nitrogens with one attached hydrogen (secondary N) is 5. The minimum atomic E-state index is -0.884. The number of phenols is 2. The maximum atomic E-state index is 12.9. The summed E-state index contributed by atoms with van der Waals surface area (Å²) in [5.41, 5.74) is -0.579. The topological polar surface area (TPSA) is 189 Å². The summed E-state index contributed by atoms with van der Waals surface area (Å²) in [5.74, 6) is -2.47. The molecular formula is C23H22Cl4N6O8+2. The zero-order chi connectivity index (χ0) is 30.5. The Balaban J connectivity index is 1.75. The molecule has 2 aromatic rings. The van der Waals surface area contributed by atoms with Gasteiger partial charge >= 0.3 is 18.5 Å². The Morgan fingerprint density at radius 3 is 1.54 bits per heavy atom. The second kappa shape index (κ2) is 13.1. The van der Waals surface area contributed by atoms with Crippen molar-refractivity contribution in [1.29, 1.82) is 0 Å². The SMILES string of the molecule is COC(=O)Nc1c(Cl)cc(NC(=O)C[N+]2(CC(=O)Nc3cc(Cl)c(NC(=O)OC)c(Cl)c3O)C=C[NH+]=C2)c(O)c1Cl. The number of carbonyl (C=O) groups is 4. The number of aromatic hydroxyl groups is 2. The van der Waals surface area contributed by atoms with E-state index >= 15 is 0 Å². The summed E-state index contributed by atoms with van der Waals surface area (Å²) in [6, 6.07) is 2.33. The minimum Gasteiger partial charge on any atom is -0.504 e. The van der Waals surface area contributed by atoms with Gasteiger partial charge in [0.2, 0.25) is 6.20 Å². The molecule has 7 N–H and O–H groups in total. The van der Waals surface area contributed by atoms with E-state index in [1.807, 2.05) is 0 Å². The highest BCUT2D eigenvalue weighted by Gasteiger charge is 2.37. The number of anilines is 4. The van der Waals surface area contributed by atoms with Gasteiger partial charge in [0.05, 0.1) is 47.0 Å². The number of nitrogens with zero attached hydrogens (tertiary/aromatic N) is 1. The van der Waals surface area contributed by atoms with E-state index in [0.29, 0.717) is 0 Å². The molecule has 14 nitrogen and oxygen atoms in total. The highest BCUT2D eigenvalue weighted by atomic mass is 35.5. The van der Waals surface area contributed by atoms with E-state index in [-0.39, 0.29) is 60.4 Å². The summed E-state index contributed by atoms with van der Waals surface area (Å²) < 4.78 is 8.62. The fourth-order valence-corrected chi connectivity index (χ4v) is 4.64. The van der Waals surface area contributed by atoms with E-state index < -0.39 is 35.5 Å². The Hall–Kier alpha value is -3.95. The number of carbonyl (C=O) groups excluding carboxylic acids is 4. The van der Waals surface area contributed by atoms with Gasteiger partial charge in [0.1, 0.15) is 10.0 Å². The van der Waals surface area contributed by atoms with Crippen molar-refractivity contribution < 1.29 is 48.3 Å². The molecule has 3 rings (SSSR count). The van der Waals surface area contributed by atoms with E-state index in [4.69, 9.17) is 46.4 Å². The molecule has 1 aliphatic heterocycles. The molecule has 0 atom stereocenters. The molecule has 0 spiro atoms. The average molecular weight is 652 g/mol. The summed E-state index contributed by atoms with van der Waals surface area (Å²) >= 11 is 24.5. The zero-order valence-electron chi connectivity index (χ0n) is 21.1. The number of halogens is 4. The Morgan fingerprint density at radius 1 is 0.780 bits per heavy atom. The fourth-order valence-electron chi connectivity index (χ4n) is 3.54. The number of hydrogen-bond acceptors (Lipinski definition) is 8. The van der Waals surface area contributed by atoms with Crippen molar-refractivity contribution in [3.8, 4) is 11.5 Å². The number of amides is 4. The van der Waals surface area contributed by atoms with E-state index in [1.165, 1.54) is 30.9 Å². The number of methoxy groups -OCH3 is 2. The van der Waals surface area contributed by atoms with Crippen LogP contribution < -0.4 is 26.3 Å². The molecule has 0 radical (unpaired) electrons. The Bertz CT molecular complexity index is 1370. The van der Waals surface area contributed by atoms with Gasteiger partial charge in [-0.3, -0.25) is 20.2 Å². The van der Waals surface area contributed by atoms with Gasteiger partial charge in [0, 0.05) is 0 Å². The molecule has 41 heavy (non-hydrogen) atoms. The van der Waals surface area contributed by atoms with E-state index in [0.717, 1.165) is 14.2 Å². The standard InChI is InChI=1S/C23H20Cl4N6O8/c1-40-22(38)31-18-10(24)5-12(20(36)16(18)26)29-14(34)7-33(4-3-28-9-33)8-15(35)30-13-6-11(25)19(17(27)21(13)37)32-23(39)41-2/h3-6,9H,7-8H2,1-2H3,(H5-,29,30,31,32,34,35,36,37,38,39)/p+2. The molecule has 18 heteroatoms. The van der Waals surface area contributed by atoms with Crippen LogP contribution in [0.25, 0.3) is 0 Å². The smallest absolute Gasteiger partial charge is 0.411 e. The third kappa shape index (κ3) is 7.42. The van der Waals surface area contributed by atoms with Gasteiger partial charge in [-0.2, -0.15) is 9.48 Å². The zero-order valence-corrected chi connectivity index (χ0v) is 24.1. The molecule has 0 saturated heterocycles. The van der Waals surface area contributed by atoms with Crippen molar-refractivity contribution >= 4 is 99.5 Å². The molecule has 0 saturated carbocycles. The van der Waals surface area contributed by atoms with Crippen molar-refractivity contribution in [2.75, 3.05) is 48.6 Å². The summed E-state index contributed by atoms with van der Waals surface area (Å²) in [6.07, 6.45) is 2.70. The second-order valence-corrected chi connectivity index (χ2v) is 9.82. The van der Waals surface area contributed by atoms with Crippen LogP contribution in [0.1, 0.15) is 0 Å². The van der Waals surface area contributed by atoms with Crippen molar-refractivity contribution in [1.82, 2.24) is 0 Å². The lowest BCUT2D eigenvalue weighted by atomic mass is 10.2. The lowest BCUT2D eigenvalue weighted by molar-refractivity contribution is -0.770. The second-order valence-electron chi connectivity index (χ2n) is 8.25. The van der Waals surface area contributed by atoms with Crippen molar-refractivity contribution in [3.63, 3.8) is 0 Å². The van der Waals surface area contributed by atoms with Gasteiger partial charge in [-0.1, -0.05) is 46.4 Å². The molecule has 0 bridgehead atoms. The van der Waals surface area contributed by atoms with Crippen LogP contribution in [0.5, 0.6) is 11.5 Å². The molecule has 0 unspecified atom stereocenters. The van der Waals surface area contributed by atoms with Crippen LogP contribution in [0.3, 0.4) is 0 Å². The van der Waals surface area contributed by atoms with Crippen LogP contribution in [0, 0.1) is 0 Å². The number of hydrogen-bond donors (Lipinski definition) is 7. The van der Waals surface area contributed by atoms with Crippen LogP contribution >= 0.6 is 46.4 Å². The molecule has 0 fully saturated rings. The molecule has 4 amide bonds. The predicted molar refractivity (Wildman–Crippen MR) is 152 cm³/mol. The highest BCUT2D eigenvalue weighted by Crippen LogP contribution is 2.44. The average Bonchev–Trinajstić information content (AvgIpc) is 3.37. The maximum absolute atomic E-state index is 12.9. The molecule has 1 heterocycles. The number of benzene rings is 2. The van der Waals surface area contributed by atoms with Crippen LogP contribution in [-0.2, 0) is 19.1 Å².